The summed E-state index contributed by atoms with van der Waals surface area (Å²) in [6.45, 7) is 4.94. The lowest BCUT2D eigenvalue weighted by Gasteiger charge is -2.14. The van der Waals surface area contributed by atoms with Crippen LogP contribution in [0.1, 0.15) is 5.56 Å². The van der Waals surface area contributed by atoms with Crippen LogP contribution >= 0.6 is 34.8 Å². The maximum Gasteiger partial charge on any atom is 0.187 e. The fourth-order valence-electron chi connectivity index (χ4n) is 2.32. The first-order valence-corrected chi connectivity index (χ1v) is 10.5. The van der Waals surface area contributed by atoms with E-state index in [1.807, 2.05) is 36.4 Å². The smallest absolute Gasteiger partial charge is 0.187 e. The molecule has 0 spiro atoms. The third-order valence-corrected chi connectivity index (χ3v) is 4.72. The van der Waals surface area contributed by atoms with Crippen molar-refractivity contribution in [3.8, 4) is 23.0 Å². The van der Waals surface area contributed by atoms with Crippen LogP contribution in [0.4, 0.5) is 0 Å². The number of ether oxygens (including phenoxy) is 4. The van der Waals surface area contributed by atoms with E-state index in [0.29, 0.717) is 36.4 Å². The largest absolute Gasteiger partial charge is 0.497 e. The Hall–Kier alpha value is -2.53. The molecule has 0 amide bonds. The van der Waals surface area contributed by atoms with Gasteiger partial charge in [-0.05, 0) is 64.6 Å². The quantitative estimate of drug-likeness (QED) is 0.112. The Labute approximate surface area is 195 Å². The number of hydrogen-bond acceptors (Lipinski definition) is 6. The Bertz CT molecular complexity index is 893. The first-order chi connectivity index (χ1) is 14.6. The second kappa shape index (κ2) is 12.9. The van der Waals surface area contributed by atoms with Crippen molar-refractivity contribution in [2.75, 3.05) is 34.0 Å². The van der Waals surface area contributed by atoms with E-state index in [4.69, 9.17) is 31.2 Å². The summed E-state index contributed by atoms with van der Waals surface area (Å²) in [7, 11) is 3.22. The average Bonchev–Trinajstić information content (AvgIpc) is 2.76. The van der Waals surface area contributed by atoms with Crippen LogP contribution < -0.4 is 29.7 Å². The first kappa shape index (κ1) is 23.7. The summed E-state index contributed by atoms with van der Waals surface area (Å²) in [5, 5.41) is 7.47. The zero-order chi connectivity index (χ0) is 21.8. The van der Waals surface area contributed by atoms with Gasteiger partial charge in [-0.1, -0.05) is 12.1 Å². The van der Waals surface area contributed by atoms with E-state index >= 15 is 0 Å². The van der Waals surface area contributed by atoms with Crippen molar-refractivity contribution in [1.29, 1.82) is 0 Å². The average molecular weight is 541 g/mol. The summed E-state index contributed by atoms with van der Waals surface area (Å²) in [5.41, 5.74) is 3.59. The predicted molar refractivity (Wildman–Crippen MR) is 131 cm³/mol. The van der Waals surface area contributed by atoms with Crippen molar-refractivity contribution in [3.63, 3.8) is 0 Å². The Balaban J connectivity index is 1.93. The van der Waals surface area contributed by atoms with E-state index in [9.17, 15) is 0 Å². The predicted octanol–water partition coefficient (Wildman–Crippen LogP) is 3.75. The summed E-state index contributed by atoms with van der Waals surface area (Å²) in [6.07, 6.45) is 3.37. The SMILES string of the molecule is C=CCNC(=S)N/N=C\c1cc(I)c(OCCOc2cccc(OC)c2)c(OC)c1. The Morgan fingerprint density at radius 1 is 1.13 bits per heavy atom. The van der Waals surface area contributed by atoms with Crippen LogP contribution in [-0.2, 0) is 0 Å². The number of hydrazone groups is 1. The van der Waals surface area contributed by atoms with Crippen LogP contribution in [0, 0.1) is 3.57 Å². The van der Waals surface area contributed by atoms with E-state index in [-0.39, 0.29) is 0 Å². The molecule has 2 N–H and O–H groups in total. The number of halogens is 1. The molecule has 2 aromatic rings. The van der Waals surface area contributed by atoms with E-state index in [2.05, 4.69) is 45.0 Å². The molecule has 9 heteroatoms. The number of rotatable bonds is 11. The van der Waals surface area contributed by atoms with E-state index < -0.39 is 0 Å². The van der Waals surface area contributed by atoms with E-state index in [0.717, 1.165) is 20.6 Å². The minimum absolute atomic E-state index is 0.363. The van der Waals surface area contributed by atoms with Crippen LogP contribution in [0.15, 0.2) is 54.2 Å². The summed E-state index contributed by atoms with van der Waals surface area (Å²) < 4.78 is 23.2. The number of nitrogens with one attached hydrogen (secondary N) is 2. The van der Waals surface area contributed by atoms with Crippen molar-refractivity contribution in [1.82, 2.24) is 10.7 Å². The third-order valence-electron chi connectivity index (χ3n) is 3.68. The van der Waals surface area contributed by atoms with Crippen molar-refractivity contribution in [2.45, 2.75) is 0 Å². The van der Waals surface area contributed by atoms with Gasteiger partial charge < -0.3 is 24.3 Å². The lowest BCUT2D eigenvalue weighted by Crippen LogP contribution is -2.31. The van der Waals surface area contributed by atoms with Gasteiger partial charge in [0.05, 0.1) is 24.0 Å². The standard InChI is InChI=1S/C21H24IN3O4S/c1-4-8-23-21(30)25-24-14-15-11-18(22)20(19(12-15)27-3)29-10-9-28-17-7-5-6-16(13-17)26-2/h4-7,11-14H,1,8-10H2,2-3H3,(H2,23,25,30)/b24-14-. The van der Waals surface area contributed by atoms with E-state index in [1.54, 1.807) is 26.5 Å². The van der Waals surface area contributed by atoms with Crippen molar-refractivity contribution < 1.29 is 18.9 Å². The third kappa shape index (κ3) is 7.71. The van der Waals surface area contributed by atoms with Gasteiger partial charge in [0.25, 0.3) is 0 Å². The number of methoxy groups -OCH3 is 2. The van der Waals surface area contributed by atoms with Gasteiger partial charge in [0.1, 0.15) is 24.7 Å². The molecule has 0 aliphatic heterocycles. The minimum Gasteiger partial charge on any atom is -0.497 e. The Kier molecular flexibility index (Phi) is 10.2. The number of nitrogens with zero attached hydrogens (tertiary/aromatic N) is 1. The lowest BCUT2D eigenvalue weighted by molar-refractivity contribution is 0.210. The minimum atomic E-state index is 0.363. The van der Waals surface area contributed by atoms with Gasteiger partial charge in [-0.15, -0.1) is 6.58 Å². The molecule has 0 unspecified atom stereocenters. The van der Waals surface area contributed by atoms with Crippen LogP contribution in [0.3, 0.4) is 0 Å². The van der Waals surface area contributed by atoms with Crippen LogP contribution in [0.2, 0.25) is 0 Å². The highest BCUT2D eigenvalue weighted by Crippen LogP contribution is 2.33. The van der Waals surface area contributed by atoms with Gasteiger partial charge in [-0.25, -0.2) is 0 Å². The van der Waals surface area contributed by atoms with Crippen LogP contribution in [-0.4, -0.2) is 45.3 Å². The summed E-state index contributed by atoms with van der Waals surface area (Å²) >= 11 is 7.29. The summed E-state index contributed by atoms with van der Waals surface area (Å²) in [6, 6.07) is 11.2. The molecule has 0 radical (unpaired) electrons. The van der Waals surface area contributed by atoms with Gasteiger partial charge in [-0.2, -0.15) is 5.10 Å². The van der Waals surface area contributed by atoms with Crippen LogP contribution in [0.5, 0.6) is 23.0 Å². The number of thiocarbonyl (C=S) groups is 1. The van der Waals surface area contributed by atoms with Crippen molar-refractivity contribution >= 4 is 46.1 Å². The first-order valence-electron chi connectivity index (χ1n) is 9.02. The Morgan fingerprint density at radius 2 is 1.90 bits per heavy atom. The molecule has 0 heterocycles. The van der Waals surface area contributed by atoms with Gasteiger partial charge in [0, 0.05) is 12.6 Å². The molecule has 2 rings (SSSR count). The van der Waals surface area contributed by atoms with Crippen LogP contribution in [0.25, 0.3) is 0 Å². The molecule has 7 nitrogen and oxygen atoms in total. The Morgan fingerprint density at radius 3 is 2.63 bits per heavy atom. The zero-order valence-electron chi connectivity index (χ0n) is 16.8. The molecule has 0 aromatic heterocycles. The molecule has 0 saturated heterocycles. The summed E-state index contributed by atoms with van der Waals surface area (Å²) in [4.78, 5) is 0. The van der Waals surface area contributed by atoms with Gasteiger partial charge in [0.2, 0.25) is 0 Å². The molecule has 0 aliphatic rings. The van der Waals surface area contributed by atoms with Gasteiger partial charge in [-0.3, -0.25) is 5.43 Å². The number of hydrogen-bond donors (Lipinski definition) is 2. The number of benzene rings is 2. The molecule has 0 fully saturated rings. The fraction of sp³-hybridized carbons (Fsp3) is 0.238. The van der Waals surface area contributed by atoms with Gasteiger partial charge >= 0.3 is 0 Å². The molecule has 0 bridgehead atoms. The fourth-order valence-corrected chi connectivity index (χ4v) is 3.24. The van der Waals surface area contributed by atoms with Gasteiger partial charge in [0.15, 0.2) is 16.6 Å². The molecular formula is C21H24IN3O4S. The van der Waals surface area contributed by atoms with E-state index in [1.165, 1.54) is 0 Å². The normalized spacial score (nSPS) is 10.4. The molecule has 160 valence electrons. The molecular weight excluding hydrogens is 517 g/mol. The maximum atomic E-state index is 5.89. The molecule has 2 aromatic carbocycles. The second-order valence-corrected chi connectivity index (χ2v) is 7.35. The van der Waals surface area contributed by atoms with Crippen molar-refractivity contribution in [3.05, 3.63) is 58.2 Å². The maximum absolute atomic E-state index is 5.89. The second-order valence-electron chi connectivity index (χ2n) is 5.78. The molecule has 0 atom stereocenters. The van der Waals surface area contributed by atoms with Crippen molar-refractivity contribution in [2.24, 2.45) is 5.10 Å². The molecule has 0 aliphatic carbocycles. The zero-order valence-corrected chi connectivity index (χ0v) is 19.8. The lowest BCUT2D eigenvalue weighted by atomic mass is 10.2. The topological polar surface area (TPSA) is 73.3 Å². The molecule has 30 heavy (non-hydrogen) atoms. The summed E-state index contributed by atoms with van der Waals surface area (Å²) in [5.74, 6) is 2.73. The molecule has 0 saturated carbocycles. The highest BCUT2D eigenvalue weighted by Gasteiger charge is 2.11. The monoisotopic (exact) mass is 541 g/mol. The highest BCUT2D eigenvalue weighted by molar-refractivity contribution is 14.1. The highest BCUT2D eigenvalue weighted by atomic mass is 127.